The number of para-hydroxylation sites is 1. The van der Waals surface area contributed by atoms with Gasteiger partial charge in [0.1, 0.15) is 5.69 Å². The van der Waals surface area contributed by atoms with Gasteiger partial charge in [0.15, 0.2) is 0 Å². The number of hydrogen-bond acceptors (Lipinski definition) is 5. The summed E-state index contributed by atoms with van der Waals surface area (Å²) in [5.41, 5.74) is 2.10. The number of fused-ring (bicyclic) bond motifs is 1. The Bertz CT molecular complexity index is 953. The van der Waals surface area contributed by atoms with Gasteiger partial charge >= 0.3 is 0 Å². The van der Waals surface area contributed by atoms with Gasteiger partial charge in [-0.3, -0.25) is 9.78 Å². The summed E-state index contributed by atoms with van der Waals surface area (Å²) in [6.45, 7) is 2.94. The smallest absolute Gasteiger partial charge is 0.272 e. The molecule has 1 unspecified atom stereocenters. The number of amides is 1. The third kappa shape index (κ3) is 3.60. The second-order valence-corrected chi connectivity index (χ2v) is 6.83. The number of rotatable bonds is 4. The lowest BCUT2D eigenvalue weighted by atomic mass is 9.99. The zero-order valence-corrected chi connectivity index (χ0v) is 15.4. The van der Waals surface area contributed by atoms with E-state index >= 15 is 0 Å². The van der Waals surface area contributed by atoms with E-state index in [0.29, 0.717) is 17.7 Å². The summed E-state index contributed by atoms with van der Waals surface area (Å²) >= 11 is 0. The highest BCUT2D eigenvalue weighted by atomic mass is 16.2. The van der Waals surface area contributed by atoms with Crippen molar-refractivity contribution in [2.24, 2.45) is 0 Å². The van der Waals surface area contributed by atoms with Gasteiger partial charge in [-0.25, -0.2) is 9.97 Å². The average molecular weight is 361 g/mol. The zero-order valence-electron chi connectivity index (χ0n) is 15.4. The fourth-order valence-electron chi connectivity index (χ4n) is 3.70. The van der Waals surface area contributed by atoms with Crippen molar-refractivity contribution in [3.05, 3.63) is 54.5 Å². The normalized spacial score (nSPS) is 17.1. The number of pyridine rings is 1. The van der Waals surface area contributed by atoms with Gasteiger partial charge in [-0.05, 0) is 43.9 Å². The molecule has 0 radical (unpaired) electrons. The number of hydrogen-bond donors (Lipinski definition) is 1. The highest BCUT2D eigenvalue weighted by molar-refractivity contribution is 5.94. The molecule has 1 aliphatic rings. The van der Waals surface area contributed by atoms with Gasteiger partial charge in [0.05, 0.1) is 11.2 Å². The Kier molecular flexibility index (Phi) is 4.96. The van der Waals surface area contributed by atoms with Crippen LogP contribution in [0.2, 0.25) is 0 Å². The van der Waals surface area contributed by atoms with Crippen molar-refractivity contribution in [1.82, 2.24) is 19.9 Å². The predicted molar refractivity (Wildman–Crippen MR) is 106 cm³/mol. The summed E-state index contributed by atoms with van der Waals surface area (Å²) in [5, 5.41) is 4.25. The SMILES string of the molecule is CCC1CCCCN1C(=O)c1ccnc(Nc2cccc3cccnc23)n1. The van der Waals surface area contributed by atoms with Crippen LogP contribution in [0, 0.1) is 0 Å². The summed E-state index contributed by atoms with van der Waals surface area (Å²) in [6, 6.07) is 11.8. The lowest BCUT2D eigenvalue weighted by molar-refractivity contribution is 0.0602. The van der Waals surface area contributed by atoms with E-state index in [0.717, 1.165) is 42.4 Å². The van der Waals surface area contributed by atoms with Crippen LogP contribution in [0.15, 0.2) is 48.8 Å². The quantitative estimate of drug-likeness (QED) is 0.755. The molecule has 3 aromatic rings. The van der Waals surface area contributed by atoms with Crippen LogP contribution >= 0.6 is 0 Å². The Morgan fingerprint density at radius 3 is 2.93 bits per heavy atom. The lowest BCUT2D eigenvalue weighted by Crippen LogP contribution is -2.43. The first-order chi connectivity index (χ1) is 13.3. The third-order valence-corrected chi connectivity index (χ3v) is 5.11. The molecule has 4 rings (SSSR count). The first-order valence-corrected chi connectivity index (χ1v) is 9.51. The van der Waals surface area contributed by atoms with E-state index in [2.05, 4.69) is 27.2 Å². The summed E-state index contributed by atoms with van der Waals surface area (Å²) in [4.78, 5) is 28.1. The molecule has 1 saturated heterocycles. The lowest BCUT2D eigenvalue weighted by Gasteiger charge is -2.35. The van der Waals surface area contributed by atoms with Crippen molar-refractivity contribution in [3.8, 4) is 0 Å². The van der Waals surface area contributed by atoms with Crippen molar-refractivity contribution in [2.45, 2.75) is 38.6 Å². The number of benzene rings is 1. The first-order valence-electron chi connectivity index (χ1n) is 9.51. The number of carbonyl (C=O) groups is 1. The standard InChI is InChI=1S/C21H23N5O/c1-2-16-9-3-4-14-26(16)20(27)18-11-13-23-21(25-18)24-17-10-5-7-15-8-6-12-22-19(15)17/h5-8,10-13,16H,2-4,9,14H2,1H3,(H,23,24,25). The summed E-state index contributed by atoms with van der Waals surface area (Å²) in [7, 11) is 0. The largest absolute Gasteiger partial charge is 0.334 e. The topological polar surface area (TPSA) is 71.0 Å². The molecule has 1 atom stereocenters. The third-order valence-electron chi connectivity index (χ3n) is 5.11. The Labute approximate surface area is 158 Å². The molecule has 2 aromatic heterocycles. The highest BCUT2D eigenvalue weighted by Gasteiger charge is 2.27. The van der Waals surface area contributed by atoms with Gasteiger partial charge in [-0.2, -0.15) is 0 Å². The Hall–Kier alpha value is -3.02. The molecule has 0 aliphatic carbocycles. The molecule has 0 bridgehead atoms. The Morgan fingerprint density at radius 1 is 1.15 bits per heavy atom. The summed E-state index contributed by atoms with van der Waals surface area (Å²) in [6.07, 6.45) is 7.68. The van der Waals surface area contributed by atoms with E-state index in [1.54, 1.807) is 18.5 Å². The van der Waals surface area contributed by atoms with Crippen molar-refractivity contribution < 1.29 is 4.79 Å². The van der Waals surface area contributed by atoms with Crippen molar-refractivity contribution in [2.75, 3.05) is 11.9 Å². The van der Waals surface area contributed by atoms with E-state index < -0.39 is 0 Å². The average Bonchev–Trinajstić information content (AvgIpc) is 2.73. The van der Waals surface area contributed by atoms with Crippen LogP contribution < -0.4 is 5.32 Å². The molecule has 1 fully saturated rings. The maximum absolute atomic E-state index is 13.0. The Morgan fingerprint density at radius 2 is 2.04 bits per heavy atom. The van der Waals surface area contributed by atoms with Crippen molar-refractivity contribution in [1.29, 1.82) is 0 Å². The molecule has 0 spiro atoms. The van der Waals surface area contributed by atoms with Crippen LogP contribution in [0.3, 0.4) is 0 Å². The number of likely N-dealkylation sites (tertiary alicyclic amines) is 1. The molecular weight excluding hydrogens is 338 g/mol. The van der Waals surface area contributed by atoms with Gasteiger partial charge in [-0.15, -0.1) is 0 Å². The van der Waals surface area contributed by atoms with Gasteiger partial charge in [0.25, 0.3) is 5.91 Å². The second-order valence-electron chi connectivity index (χ2n) is 6.83. The monoisotopic (exact) mass is 361 g/mol. The maximum atomic E-state index is 13.0. The summed E-state index contributed by atoms with van der Waals surface area (Å²) in [5.74, 6) is 0.395. The van der Waals surface area contributed by atoms with E-state index in [1.165, 1.54) is 6.42 Å². The zero-order chi connectivity index (χ0) is 18.6. The van der Waals surface area contributed by atoms with Crippen molar-refractivity contribution in [3.63, 3.8) is 0 Å². The molecule has 0 saturated carbocycles. The van der Waals surface area contributed by atoms with Crippen LogP contribution in [-0.2, 0) is 0 Å². The van der Waals surface area contributed by atoms with Gasteiger partial charge in [0, 0.05) is 30.4 Å². The van der Waals surface area contributed by atoms with Gasteiger partial charge in [-0.1, -0.05) is 25.1 Å². The number of nitrogens with zero attached hydrogens (tertiary/aromatic N) is 4. The first kappa shape index (κ1) is 17.4. The minimum atomic E-state index is -0.0111. The molecule has 6 nitrogen and oxygen atoms in total. The molecule has 3 heterocycles. The molecule has 138 valence electrons. The van der Waals surface area contributed by atoms with Crippen LogP contribution in [0.25, 0.3) is 10.9 Å². The molecule has 1 aliphatic heterocycles. The van der Waals surface area contributed by atoms with Crippen LogP contribution in [0.4, 0.5) is 11.6 Å². The molecule has 1 N–H and O–H groups in total. The molecule has 1 aromatic carbocycles. The predicted octanol–water partition coefficient (Wildman–Crippen LogP) is 4.17. The molecule has 1 amide bonds. The van der Waals surface area contributed by atoms with E-state index in [9.17, 15) is 4.79 Å². The number of nitrogens with one attached hydrogen (secondary N) is 1. The van der Waals surface area contributed by atoms with Crippen molar-refractivity contribution >= 4 is 28.4 Å². The number of carbonyl (C=O) groups excluding carboxylic acids is 1. The molecular formula is C21H23N5O. The summed E-state index contributed by atoms with van der Waals surface area (Å²) < 4.78 is 0. The fourth-order valence-corrected chi connectivity index (χ4v) is 3.70. The fraction of sp³-hybridized carbons (Fsp3) is 0.333. The van der Waals surface area contributed by atoms with E-state index in [1.807, 2.05) is 35.2 Å². The van der Waals surface area contributed by atoms with Gasteiger partial charge in [0.2, 0.25) is 5.95 Å². The Balaban J connectivity index is 1.60. The van der Waals surface area contributed by atoms with E-state index in [4.69, 9.17) is 0 Å². The van der Waals surface area contributed by atoms with Gasteiger partial charge < -0.3 is 10.2 Å². The number of piperidine rings is 1. The van der Waals surface area contributed by atoms with Crippen LogP contribution in [0.1, 0.15) is 43.1 Å². The molecule has 27 heavy (non-hydrogen) atoms. The second kappa shape index (κ2) is 7.70. The minimum Gasteiger partial charge on any atom is -0.334 e. The van der Waals surface area contributed by atoms with Crippen LogP contribution in [-0.4, -0.2) is 38.3 Å². The van der Waals surface area contributed by atoms with E-state index in [-0.39, 0.29) is 5.91 Å². The van der Waals surface area contributed by atoms with Crippen LogP contribution in [0.5, 0.6) is 0 Å². The minimum absolute atomic E-state index is 0.0111. The number of aromatic nitrogens is 3. The molecule has 6 heteroatoms. The maximum Gasteiger partial charge on any atom is 0.272 e. The highest BCUT2D eigenvalue weighted by Crippen LogP contribution is 2.24. The number of anilines is 2.